The van der Waals surface area contributed by atoms with E-state index in [1.54, 1.807) is 0 Å². The first-order valence-electron chi connectivity index (χ1n) is 19.6. The van der Waals surface area contributed by atoms with Gasteiger partial charge in [0.15, 0.2) is 0 Å². The van der Waals surface area contributed by atoms with E-state index in [0.29, 0.717) is 0 Å². The van der Waals surface area contributed by atoms with Crippen molar-refractivity contribution in [2.75, 3.05) is 0 Å². The molecule has 0 aliphatic rings. The van der Waals surface area contributed by atoms with Crippen LogP contribution in [0.15, 0.2) is 194 Å². The third-order valence-corrected chi connectivity index (χ3v) is 11.7. The summed E-state index contributed by atoms with van der Waals surface area (Å²) in [5.41, 5.74) is 12.5. The molecule has 268 valence electrons. The standard InChI is InChI=1S/C54H32N4/c1-2-8-44-43(7-1)47-31-41(33-9-13-35(14-10-33)49-27-23-39-19-17-37-5-3-29-55-51(37)53(39)57-49)21-25-45(47)46-26-22-42(32-48(44)46)34-11-15-36(16-12-34)50-28-24-40-20-18-38-6-4-30-56-52(38)54(40)58-50/h1-32H. The van der Waals surface area contributed by atoms with Crippen LogP contribution in [0.3, 0.4) is 0 Å². The quantitative estimate of drug-likeness (QED) is 0.169. The molecule has 0 N–H and O–H groups in total. The molecule has 58 heavy (non-hydrogen) atoms. The zero-order chi connectivity index (χ0) is 38.2. The maximum absolute atomic E-state index is 5.07. The summed E-state index contributed by atoms with van der Waals surface area (Å²) in [6, 6.07) is 65.2. The van der Waals surface area contributed by atoms with Gasteiger partial charge in [-0.05, 0) is 91.0 Å². The number of fused-ring (bicyclic) bond motifs is 12. The van der Waals surface area contributed by atoms with E-state index < -0.39 is 0 Å². The van der Waals surface area contributed by atoms with Crippen molar-refractivity contribution < 1.29 is 0 Å². The fraction of sp³-hybridized carbons (Fsp3) is 0. The van der Waals surface area contributed by atoms with Crippen LogP contribution in [0.4, 0.5) is 0 Å². The molecule has 0 unspecified atom stereocenters. The smallest absolute Gasteiger partial charge is 0.0972 e. The van der Waals surface area contributed by atoms with Gasteiger partial charge in [-0.15, -0.1) is 0 Å². The van der Waals surface area contributed by atoms with Crippen LogP contribution in [0.2, 0.25) is 0 Å². The summed E-state index contributed by atoms with van der Waals surface area (Å²) < 4.78 is 0. The minimum atomic E-state index is 0.931. The Morgan fingerprint density at radius 3 is 1.05 bits per heavy atom. The molecule has 4 heteroatoms. The largest absolute Gasteiger partial charge is 0.254 e. The highest BCUT2D eigenvalue weighted by Gasteiger charge is 2.13. The molecule has 0 amide bonds. The molecule has 0 aliphatic heterocycles. The molecule has 0 fully saturated rings. The van der Waals surface area contributed by atoms with Gasteiger partial charge in [0.25, 0.3) is 0 Å². The molecular weight excluding hydrogens is 705 g/mol. The van der Waals surface area contributed by atoms with Crippen LogP contribution in [0.25, 0.3) is 121 Å². The van der Waals surface area contributed by atoms with Crippen LogP contribution in [-0.2, 0) is 0 Å². The third kappa shape index (κ3) is 5.23. The van der Waals surface area contributed by atoms with E-state index in [4.69, 9.17) is 9.97 Å². The van der Waals surface area contributed by atoms with Crippen LogP contribution >= 0.6 is 0 Å². The predicted octanol–water partition coefficient (Wildman–Crippen LogP) is 14.0. The highest BCUT2D eigenvalue weighted by molar-refractivity contribution is 6.26. The van der Waals surface area contributed by atoms with Crippen molar-refractivity contribution in [3.8, 4) is 44.8 Å². The molecule has 0 atom stereocenters. The van der Waals surface area contributed by atoms with Gasteiger partial charge in [-0.1, -0.05) is 146 Å². The summed E-state index contributed by atoms with van der Waals surface area (Å²) in [5, 5.41) is 11.9. The second kappa shape index (κ2) is 12.9. The summed E-state index contributed by atoms with van der Waals surface area (Å²) in [4.78, 5) is 19.4. The third-order valence-electron chi connectivity index (χ3n) is 11.7. The van der Waals surface area contributed by atoms with Crippen molar-refractivity contribution in [1.29, 1.82) is 0 Å². The fourth-order valence-corrected chi connectivity index (χ4v) is 8.75. The fourth-order valence-electron chi connectivity index (χ4n) is 8.75. The van der Waals surface area contributed by atoms with Crippen LogP contribution in [0, 0.1) is 0 Å². The van der Waals surface area contributed by atoms with Crippen molar-refractivity contribution in [2.24, 2.45) is 0 Å². The molecular formula is C54H32N4. The molecule has 0 saturated heterocycles. The van der Waals surface area contributed by atoms with Gasteiger partial charge in [-0.25, -0.2) is 9.97 Å². The van der Waals surface area contributed by atoms with E-state index in [0.717, 1.165) is 66.1 Å². The first-order chi connectivity index (χ1) is 28.7. The lowest BCUT2D eigenvalue weighted by molar-refractivity contribution is 1.37. The van der Waals surface area contributed by atoms with Crippen LogP contribution in [0.5, 0.6) is 0 Å². The SMILES string of the molecule is c1cnc2c(c1)ccc1ccc(-c3ccc(-c4ccc5c6ccc(-c7ccc(-c8ccc9ccc%10cccnc%10c9n8)cc7)cc6c6ccccc6c5c4)cc3)nc12. The Labute approximate surface area is 333 Å². The Hall–Kier alpha value is -7.82. The number of benzene rings is 8. The van der Waals surface area contributed by atoms with E-state index in [1.165, 1.54) is 54.6 Å². The minimum absolute atomic E-state index is 0.931. The topological polar surface area (TPSA) is 51.6 Å². The normalized spacial score (nSPS) is 11.8. The van der Waals surface area contributed by atoms with E-state index in [1.807, 2.05) is 24.5 Å². The summed E-state index contributed by atoms with van der Waals surface area (Å²) in [6.07, 6.45) is 3.67. The molecule has 0 aliphatic carbocycles. The highest BCUT2D eigenvalue weighted by atomic mass is 14.8. The zero-order valence-electron chi connectivity index (χ0n) is 31.3. The lowest BCUT2D eigenvalue weighted by Gasteiger charge is -2.14. The Balaban J connectivity index is 0.890. The Morgan fingerprint density at radius 1 is 0.241 bits per heavy atom. The Bertz CT molecular complexity index is 3350. The highest BCUT2D eigenvalue weighted by Crippen LogP contribution is 2.39. The van der Waals surface area contributed by atoms with Gasteiger partial charge in [0.1, 0.15) is 0 Å². The molecule has 0 radical (unpaired) electrons. The van der Waals surface area contributed by atoms with Crippen LogP contribution in [0.1, 0.15) is 0 Å². The van der Waals surface area contributed by atoms with Crippen molar-refractivity contribution in [2.45, 2.75) is 0 Å². The summed E-state index contributed by atoms with van der Waals surface area (Å²) in [6.45, 7) is 0. The summed E-state index contributed by atoms with van der Waals surface area (Å²) in [5.74, 6) is 0. The molecule has 4 aromatic heterocycles. The van der Waals surface area contributed by atoms with Crippen LogP contribution in [-0.4, -0.2) is 19.9 Å². The van der Waals surface area contributed by atoms with E-state index >= 15 is 0 Å². The summed E-state index contributed by atoms with van der Waals surface area (Å²) in [7, 11) is 0. The van der Waals surface area contributed by atoms with Crippen molar-refractivity contribution in [1.82, 2.24) is 19.9 Å². The lowest BCUT2D eigenvalue weighted by atomic mass is 9.90. The van der Waals surface area contributed by atoms with Gasteiger partial charge in [-0.3, -0.25) is 9.97 Å². The van der Waals surface area contributed by atoms with Gasteiger partial charge in [-0.2, -0.15) is 0 Å². The predicted molar refractivity (Wildman–Crippen MR) is 242 cm³/mol. The average Bonchev–Trinajstić information content (AvgIpc) is 3.31. The molecule has 12 rings (SSSR count). The minimum Gasteiger partial charge on any atom is -0.254 e. The van der Waals surface area contributed by atoms with E-state index in [2.05, 4.69) is 180 Å². The van der Waals surface area contributed by atoms with E-state index in [9.17, 15) is 0 Å². The zero-order valence-corrected chi connectivity index (χ0v) is 31.3. The first-order valence-corrected chi connectivity index (χ1v) is 19.6. The monoisotopic (exact) mass is 736 g/mol. The summed E-state index contributed by atoms with van der Waals surface area (Å²) >= 11 is 0. The molecule has 12 aromatic rings. The van der Waals surface area contributed by atoms with Gasteiger partial charge < -0.3 is 0 Å². The van der Waals surface area contributed by atoms with Gasteiger partial charge >= 0.3 is 0 Å². The van der Waals surface area contributed by atoms with Crippen molar-refractivity contribution in [3.05, 3.63) is 194 Å². The second-order valence-corrected chi connectivity index (χ2v) is 15.0. The first kappa shape index (κ1) is 32.4. The molecule has 8 aromatic carbocycles. The number of pyridine rings is 4. The second-order valence-electron chi connectivity index (χ2n) is 15.0. The van der Waals surface area contributed by atoms with Gasteiger partial charge in [0.2, 0.25) is 0 Å². The average molecular weight is 737 g/mol. The number of hydrogen-bond donors (Lipinski definition) is 0. The number of rotatable bonds is 4. The number of nitrogens with zero attached hydrogens (tertiary/aromatic N) is 4. The molecule has 0 bridgehead atoms. The molecule has 4 nitrogen and oxygen atoms in total. The maximum atomic E-state index is 5.07. The molecule has 0 saturated carbocycles. The molecule has 4 heterocycles. The van der Waals surface area contributed by atoms with Crippen molar-refractivity contribution >= 4 is 75.9 Å². The van der Waals surface area contributed by atoms with Crippen LogP contribution < -0.4 is 0 Å². The van der Waals surface area contributed by atoms with Gasteiger partial charge in [0, 0.05) is 45.1 Å². The number of hydrogen-bond acceptors (Lipinski definition) is 4. The Morgan fingerprint density at radius 2 is 0.603 bits per heavy atom. The van der Waals surface area contributed by atoms with E-state index in [-0.39, 0.29) is 0 Å². The maximum Gasteiger partial charge on any atom is 0.0972 e. The lowest BCUT2D eigenvalue weighted by Crippen LogP contribution is -1.89. The Kier molecular flexibility index (Phi) is 7.20. The van der Waals surface area contributed by atoms with Crippen molar-refractivity contribution in [3.63, 3.8) is 0 Å². The molecule has 0 spiro atoms. The number of aromatic nitrogens is 4. The van der Waals surface area contributed by atoms with Gasteiger partial charge in [0.05, 0.1) is 33.5 Å².